The highest BCUT2D eigenvalue weighted by Crippen LogP contribution is 2.23. The van der Waals surface area contributed by atoms with E-state index in [0.717, 1.165) is 38.8 Å². The van der Waals surface area contributed by atoms with Crippen LogP contribution in [-0.4, -0.2) is 67.2 Å². The molecule has 2 amide bonds. The molecule has 0 bridgehead atoms. The number of likely N-dealkylation sites (N-methyl/N-ethyl adjacent to an activating group) is 1. The Bertz CT molecular complexity index is 441. The average Bonchev–Trinajstić information content (AvgIpc) is 2.90. The van der Waals surface area contributed by atoms with E-state index in [1.54, 1.807) is 6.08 Å². The fourth-order valence-corrected chi connectivity index (χ4v) is 2.68. The van der Waals surface area contributed by atoms with Gasteiger partial charge in [-0.05, 0) is 60.5 Å². The summed E-state index contributed by atoms with van der Waals surface area (Å²) < 4.78 is 5.46. The van der Waals surface area contributed by atoms with E-state index in [1.807, 2.05) is 50.7 Å². The van der Waals surface area contributed by atoms with Crippen molar-refractivity contribution in [1.29, 1.82) is 0 Å². The van der Waals surface area contributed by atoms with Crippen molar-refractivity contribution >= 4 is 12.0 Å². The fourth-order valence-electron chi connectivity index (χ4n) is 2.68. The van der Waals surface area contributed by atoms with E-state index >= 15 is 0 Å². The van der Waals surface area contributed by atoms with Gasteiger partial charge in [0, 0.05) is 31.8 Å². The summed E-state index contributed by atoms with van der Waals surface area (Å²) in [6, 6.07) is 0.223. The van der Waals surface area contributed by atoms with Crippen LogP contribution in [-0.2, 0) is 9.53 Å². The van der Waals surface area contributed by atoms with Gasteiger partial charge in [0.2, 0.25) is 5.91 Å². The lowest BCUT2D eigenvalue weighted by molar-refractivity contribution is -0.116. The van der Waals surface area contributed by atoms with Gasteiger partial charge in [0.05, 0.1) is 0 Å². The number of hydrogen-bond acceptors (Lipinski definition) is 4. The van der Waals surface area contributed by atoms with Crippen LogP contribution >= 0.6 is 0 Å². The maximum atomic E-state index is 12.2. The minimum Gasteiger partial charge on any atom is -0.444 e. The SMILES string of the molecule is CN(C)C/C=C/C(=O)NCCCC1CCCN1C(=O)OC(C)(C)C. The average molecular weight is 339 g/mol. The molecule has 1 atom stereocenters. The van der Waals surface area contributed by atoms with Crippen molar-refractivity contribution in [1.82, 2.24) is 15.1 Å². The molecule has 0 aromatic heterocycles. The van der Waals surface area contributed by atoms with Gasteiger partial charge >= 0.3 is 6.09 Å². The molecule has 138 valence electrons. The lowest BCUT2D eigenvalue weighted by Gasteiger charge is -2.28. The summed E-state index contributed by atoms with van der Waals surface area (Å²) in [7, 11) is 3.92. The van der Waals surface area contributed by atoms with Crippen LogP contribution < -0.4 is 5.32 Å². The zero-order valence-corrected chi connectivity index (χ0v) is 15.8. The smallest absolute Gasteiger partial charge is 0.410 e. The molecule has 1 rings (SSSR count). The molecular formula is C18H33N3O3. The molecule has 0 aromatic rings. The first kappa shape index (κ1) is 20.5. The van der Waals surface area contributed by atoms with Gasteiger partial charge < -0.3 is 19.9 Å². The summed E-state index contributed by atoms with van der Waals surface area (Å²) in [5.74, 6) is -0.0627. The quantitative estimate of drug-likeness (QED) is 0.571. The molecule has 1 unspecified atom stereocenters. The van der Waals surface area contributed by atoms with Gasteiger partial charge in [-0.1, -0.05) is 6.08 Å². The van der Waals surface area contributed by atoms with Crippen molar-refractivity contribution in [3.8, 4) is 0 Å². The highest BCUT2D eigenvalue weighted by Gasteiger charge is 2.31. The van der Waals surface area contributed by atoms with Gasteiger partial charge in [-0.2, -0.15) is 0 Å². The van der Waals surface area contributed by atoms with Gasteiger partial charge in [-0.15, -0.1) is 0 Å². The minimum atomic E-state index is -0.461. The summed E-state index contributed by atoms with van der Waals surface area (Å²) >= 11 is 0. The van der Waals surface area contributed by atoms with E-state index < -0.39 is 5.60 Å². The van der Waals surface area contributed by atoms with E-state index in [0.29, 0.717) is 6.54 Å². The first-order valence-electron chi connectivity index (χ1n) is 8.78. The van der Waals surface area contributed by atoms with Crippen LogP contribution in [0.3, 0.4) is 0 Å². The van der Waals surface area contributed by atoms with Crippen LogP contribution in [0.5, 0.6) is 0 Å². The van der Waals surface area contributed by atoms with Crippen molar-refractivity contribution in [3.63, 3.8) is 0 Å². The van der Waals surface area contributed by atoms with Crippen LogP contribution in [0.15, 0.2) is 12.2 Å². The number of amides is 2. The van der Waals surface area contributed by atoms with Crippen molar-refractivity contribution in [3.05, 3.63) is 12.2 Å². The number of carbonyl (C=O) groups is 2. The predicted octanol–water partition coefficient (Wildman–Crippen LogP) is 2.40. The Morgan fingerprint density at radius 2 is 2.04 bits per heavy atom. The molecule has 1 aliphatic rings. The molecule has 0 aliphatic carbocycles. The van der Waals surface area contributed by atoms with Crippen molar-refractivity contribution < 1.29 is 14.3 Å². The number of carbonyl (C=O) groups excluding carboxylic acids is 2. The normalized spacial score (nSPS) is 18.4. The number of hydrogen-bond donors (Lipinski definition) is 1. The summed E-state index contributed by atoms with van der Waals surface area (Å²) in [5.41, 5.74) is -0.461. The molecule has 6 heteroatoms. The zero-order chi connectivity index (χ0) is 18.2. The Balaban J connectivity index is 2.27. The molecule has 1 fully saturated rings. The molecule has 1 heterocycles. The molecule has 24 heavy (non-hydrogen) atoms. The van der Waals surface area contributed by atoms with Crippen molar-refractivity contribution in [2.24, 2.45) is 0 Å². The van der Waals surface area contributed by atoms with E-state index in [2.05, 4.69) is 5.32 Å². The van der Waals surface area contributed by atoms with Crippen molar-refractivity contribution in [2.75, 3.05) is 33.7 Å². The van der Waals surface area contributed by atoms with Crippen LogP contribution in [0.1, 0.15) is 46.5 Å². The zero-order valence-electron chi connectivity index (χ0n) is 15.8. The number of ether oxygens (including phenoxy) is 1. The van der Waals surface area contributed by atoms with Gasteiger partial charge in [0.1, 0.15) is 5.60 Å². The fraction of sp³-hybridized carbons (Fsp3) is 0.778. The Morgan fingerprint density at radius 1 is 1.33 bits per heavy atom. The van der Waals surface area contributed by atoms with Gasteiger partial charge in [0.25, 0.3) is 0 Å². The van der Waals surface area contributed by atoms with Crippen LogP contribution in [0.4, 0.5) is 4.79 Å². The Hall–Kier alpha value is -1.56. The number of nitrogens with one attached hydrogen (secondary N) is 1. The number of nitrogens with zero attached hydrogens (tertiary/aromatic N) is 2. The largest absolute Gasteiger partial charge is 0.444 e. The maximum absolute atomic E-state index is 12.2. The lowest BCUT2D eigenvalue weighted by Crippen LogP contribution is -2.40. The van der Waals surface area contributed by atoms with E-state index in [-0.39, 0.29) is 18.0 Å². The van der Waals surface area contributed by atoms with Crippen LogP contribution in [0.2, 0.25) is 0 Å². The van der Waals surface area contributed by atoms with Crippen LogP contribution in [0.25, 0.3) is 0 Å². The molecule has 0 saturated carbocycles. The molecule has 1 aliphatic heterocycles. The second-order valence-electron chi connectivity index (χ2n) is 7.57. The standard InChI is InChI=1S/C18H33N3O3/c1-18(2,3)24-17(23)21-14-7-10-15(21)9-6-12-19-16(22)11-8-13-20(4)5/h8,11,15H,6-7,9-10,12-14H2,1-5H3,(H,19,22)/b11-8+. The Kier molecular flexibility index (Phi) is 8.25. The van der Waals surface area contributed by atoms with E-state index in [9.17, 15) is 9.59 Å². The Morgan fingerprint density at radius 3 is 2.67 bits per heavy atom. The molecule has 1 saturated heterocycles. The highest BCUT2D eigenvalue weighted by atomic mass is 16.6. The lowest BCUT2D eigenvalue weighted by atomic mass is 10.1. The van der Waals surface area contributed by atoms with E-state index in [4.69, 9.17) is 4.74 Å². The first-order valence-corrected chi connectivity index (χ1v) is 8.78. The molecular weight excluding hydrogens is 306 g/mol. The first-order chi connectivity index (χ1) is 11.2. The molecule has 6 nitrogen and oxygen atoms in total. The third kappa shape index (κ3) is 8.34. The monoisotopic (exact) mass is 339 g/mol. The Labute approximate surface area is 146 Å². The molecule has 1 N–H and O–H groups in total. The third-order valence-corrected chi connectivity index (χ3v) is 3.76. The minimum absolute atomic E-state index is 0.0627. The summed E-state index contributed by atoms with van der Waals surface area (Å²) in [4.78, 5) is 27.7. The molecule has 0 aromatic carbocycles. The maximum Gasteiger partial charge on any atom is 0.410 e. The van der Waals surface area contributed by atoms with Crippen LogP contribution in [0, 0.1) is 0 Å². The molecule has 0 radical (unpaired) electrons. The number of likely N-dealkylation sites (tertiary alicyclic amines) is 1. The second kappa shape index (κ2) is 9.67. The number of rotatable bonds is 7. The second-order valence-corrected chi connectivity index (χ2v) is 7.57. The van der Waals surface area contributed by atoms with Gasteiger partial charge in [0.15, 0.2) is 0 Å². The highest BCUT2D eigenvalue weighted by molar-refractivity contribution is 5.87. The van der Waals surface area contributed by atoms with E-state index in [1.165, 1.54) is 0 Å². The molecule has 0 spiro atoms. The topological polar surface area (TPSA) is 61.9 Å². The summed E-state index contributed by atoms with van der Waals surface area (Å²) in [6.45, 7) is 7.79. The summed E-state index contributed by atoms with van der Waals surface area (Å²) in [5, 5.41) is 2.88. The van der Waals surface area contributed by atoms with Gasteiger partial charge in [-0.25, -0.2) is 4.79 Å². The van der Waals surface area contributed by atoms with Crippen molar-refractivity contribution in [2.45, 2.75) is 58.1 Å². The van der Waals surface area contributed by atoms with Gasteiger partial charge in [-0.3, -0.25) is 4.79 Å². The predicted molar refractivity (Wildman–Crippen MR) is 95.9 cm³/mol. The third-order valence-electron chi connectivity index (χ3n) is 3.76. The summed E-state index contributed by atoms with van der Waals surface area (Å²) in [6.07, 6.45) is 6.97.